The predicted octanol–water partition coefficient (Wildman–Crippen LogP) is 1.56. The summed E-state index contributed by atoms with van der Waals surface area (Å²) in [5.41, 5.74) is -0.290. The van der Waals surface area contributed by atoms with Gasteiger partial charge in [-0.2, -0.15) is 0 Å². The lowest BCUT2D eigenvalue weighted by Gasteiger charge is -2.48. The third-order valence-corrected chi connectivity index (χ3v) is 3.06. The summed E-state index contributed by atoms with van der Waals surface area (Å²) in [5.74, 6) is 0. The van der Waals surface area contributed by atoms with Gasteiger partial charge < -0.3 is 10.2 Å². The molecule has 0 heterocycles. The van der Waals surface area contributed by atoms with Crippen molar-refractivity contribution in [3.8, 4) is 0 Å². The van der Waals surface area contributed by atoms with Crippen molar-refractivity contribution < 1.29 is 10.2 Å². The minimum atomic E-state index is -0.372. The van der Waals surface area contributed by atoms with E-state index in [1.165, 1.54) is 0 Å². The zero-order chi connectivity index (χ0) is 9.41. The smallest absolute Gasteiger partial charge is 0.0666 e. The van der Waals surface area contributed by atoms with Gasteiger partial charge in [0.25, 0.3) is 0 Å². The van der Waals surface area contributed by atoms with Crippen LogP contribution in [-0.4, -0.2) is 22.9 Å². The average Bonchev–Trinajstić information content (AvgIpc) is 1.84. The van der Waals surface area contributed by atoms with E-state index >= 15 is 0 Å². The van der Waals surface area contributed by atoms with E-state index in [9.17, 15) is 10.2 Å². The number of hydrogen-bond acceptors (Lipinski definition) is 2. The summed E-state index contributed by atoms with van der Waals surface area (Å²) in [6.45, 7) is 6.19. The van der Waals surface area contributed by atoms with E-state index < -0.39 is 0 Å². The quantitative estimate of drug-likeness (QED) is 0.663. The standard InChI is InChI=1S/C10H20O2/c1-9(2,3)8(12)10(7-11)5-4-6-10/h8,11-12H,4-7H2,1-3H3/t8-/m0/s1. The first kappa shape index (κ1) is 10.0. The van der Waals surface area contributed by atoms with E-state index in [0.29, 0.717) is 0 Å². The van der Waals surface area contributed by atoms with Gasteiger partial charge in [-0.15, -0.1) is 0 Å². The molecule has 2 heteroatoms. The molecule has 1 aliphatic rings. The van der Waals surface area contributed by atoms with Crippen LogP contribution in [0.2, 0.25) is 0 Å². The van der Waals surface area contributed by atoms with Crippen LogP contribution < -0.4 is 0 Å². The van der Waals surface area contributed by atoms with Crippen LogP contribution in [0.4, 0.5) is 0 Å². The second kappa shape index (κ2) is 3.00. The van der Waals surface area contributed by atoms with E-state index in [-0.39, 0.29) is 23.5 Å². The highest BCUT2D eigenvalue weighted by atomic mass is 16.3. The average molecular weight is 172 g/mol. The second-order valence-electron chi connectivity index (χ2n) is 5.14. The molecule has 0 aromatic carbocycles. The Labute approximate surface area is 74.6 Å². The fourth-order valence-electron chi connectivity index (χ4n) is 2.07. The van der Waals surface area contributed by atoms with Crippen molar-refractivity contribution in [1.82, 2.24) is 0 Å². The van der Waals surface area contributed by atoms with E-state index in [0.717, 1.165) is 19.3 Å². The molecule has 0 aromatic heterocycles. The van der Waals surface area contributed by atoms with E-state index in [2.05, 4.69) is 0 Å². The van der Waals surface area contributed by atoms with Gasteiger partial charge in [0.05, 0.1) is 12.7 Å². The van der Waals surface area contributed by atoms with Crippen LogP contribution in [0.3, 0.4) is 0 Å². The molecule has 0 aliphatic heterocycles. The molecule has 0 amide bonds. The molecular formula is C10H20O2. The molecule has 0 radical (unpaired) electrons. The van der Waals surface area contributed by atoms with Crippen molar-refractivity contribution in [1.29, 1.82) is 0 Å². The Morgan fingerprint density at radius 3 is 1.92 bits per heavy atom. The summed E-state index contributed by atoms with van der Waals surface area (Å²) in [7, 11) is 0. The van der Waals surface area contributed by atoms with Gasteiger partial charge in [0.2, 0.25) is 0 Å². The molecule has 0 saturated heterocycles. The summed E-state index contributed by atoms with van der Waals surface area (Å²) in [6.07, 6.45) is 2.72. The zero-order valence-electron chi connectivity index (χ0n) is 8.30. The Kier molecular flexibility index (Phi) is 2.50. The number of hydrogen-bond donors (Lipinski definition) is 2. The van der Waals surface area contributed by atoms with Gasteiger partial charge >= 0.3 is 0 Å². The second-order valence-corrected chi connectivity index (χ2v) is 5.14. The summed E-state index contributed by atoms with van der Waals surface area (Å²) < 4.78 is 0. The van der Waals surface area contributed by atoms with Gasteiger partial charge in [-0.25, -0.2) is 0 Å². The van der Waals surface area contributed by atoms with Crippen LogP contribution >= 0.6 is 0 Å². The summed E-state index contributed by atoms with van der Waals surface area (Å²) in [4.78, 5) is 0. The molecule has 1 fully saturated rings. The van der Waals surface area contributed by atoms with E-state index in [4.69, 9.17) is 0 Å². The van der Waals surface area contributed by atoms with Crippen LogP contribution in [0, 0.1) is 10.8 Å². The predicted molar refractivity (Wildman–Crippen MR) is 48.8 cm³/mol. The third-order valence-electron chi connectivity index (χ3n) is 3.06. The van der Waals surface area contributed by atoms with Gasteiger partial charge in [-0.05, 0) is 18.3 Å². The summed E-state index contributed by atoms with van der Waals surface area (Å²) >= 11 is 0. The Morgan fingerprint density at radius 1 is 1.33 bits per heavy atom. The molecular weight excluding hydrogens is 152 g/mol. The van der Waals surface area contributed by atoms with Crippen LogP contribution in [0.15, 0.2) is 0 Å². The lowest BCUT2D eigenvalue weighted by atomic mass is 9.60. The van der Waals surface area contributed by atoms with Gasteiger partial charge in [0.15, 0.2) is 0 Å². The molecule has 0 aromatic rings. The van der Waals surface area contributed by atoms with Crippen molar-refractivity contribution in [2.45, 2.75) is 46.1 Å². The van der Waals surface area contributed by atoms with Crippen molar-refractivity contribution in [3.63, 3.8) is 0 Å². The molecule has 0 spiro atoms. The third kappa shape index (κ3) is 1.50. The molecule has 1 rings (SSSR count). The monoisotopic (exact) mass is 172 g/mol. The van der Waals surface area contributed by atoms with Crippen LogP contribution in [0.1, 0.15) is 40.0 Å². The first-order valence-corrected chi connectivity index (χ1v) is 4.71. The van der Waals surface area contributed by atoms with Crippen molar-refractivity contribution in [3.05, 3.63) is 0 Å². The normalized spacial score (nSPS) is 24.8. The van der Waals surface area contributed by atoms with Gasteiger partial charge in [0, 0.05) is 5.41 Å². The topological polar surface area (TPSA) is 40.5 Å². The number of rotatable bonds is 2. The fraction of sp³-hybridized carbons (Fsp3) is 1.00. The van der Waals surface area contributed by atoms with Crippen molar-refractivity contribution >= 4 is 0 Å². The molecule has 0 bridgehead atoms. The number of aliphatic hydroxyl groups is 2. The maximum absolute atomic E-state index is 10.00. The summed E-state index contributed by atoms with van der Waals surface area (Å²) in [5, 5.41) is 19.2. The first-order chi connectivity index (χ1) is 5.42. The molecule has 12 heavy (non-hydrogen) atoms. The maximum atomic E-state index is 10.00. The lowest BCUT2D eigenvalue weighted by Crippen LogP contribution is -2.50. The van der Waals surface area contributed by atoms with Crippen molar-refractivity contribution in [2.75, 3.05) is 6.61 Å². The minimum absolute atomic E-state index is 0.108. The lowest BCUT2D eigenvalue weighted by molar-refractivity contribution is -0.118. The van der Waals surface area contributed by atoms with Gasteiger partial charge in [-0.1, -0.05) is 27.2 Å². The van der Waals surface area contributed by atoms with Gasteiger partial charge in [-0.3, -0.25) is 0 Å². The Morgan fingerprint density at radius 2 is 1.83 bits per heavy atom. The highest BCUT2D eigenvalue weighted by Crippen LogP contribution is 2.48. The van der Waals surface area contributed by atoms with Crippen LogP contribution in [0.5, 0.6) is 0 Å². The number of aliphatic hydroxyl groups excluding tert-OH is 2. The Bertz CT molecular complexity index is 148. The zero-order valence-corrected chi connectivity index (χ0v) is 8.30. The Balaban J connectivity index is 2.67. The highest BCUT2D eigenvalue weighted by Gasteiger charge is 2.47. The molecule has 1 saturated carbocycles. The molecule has 0 unspecified atom stereocenters. The SMILES string of the molecule is CC(C)(C)[C@H](O)C1(CO)CCC1. The molecule has 2 nitrogen and oxygen atoms in total. The largest absolute Gasteiger partial charge is 0.396 e. The molecule has 2 N–H and O–H groups in total. The molecule has 72 valence electrons. The maximum Gasteiger partial charge on any atom is 0.0666 e. The van der Waals surface area contributed by atoms with Crippen LogP contribution in [-0.2, 0) is 0 Å². The summed E-state index contributed by atoms with van der Waals surface area (Å²) in [6, 6.07) is 0. The first-order valence-electron chi connectivity index (χ1n) is 4.71. The van der Waals surface area contributed by atoms with Gasteiger partial charge in [0.1, 0.15) is 0 Å². The van der Waals surface area contributed by atoms with E-state index in [1.807, 2.05) is 20.8 Å². The molecule has 1 atom stereocenters. The van der Waals surface area contributed by atoms with Crippen LogP contribution in [0.25, 0.3) is 0 Å². The minimum Gasteiger partial charge on any atom is -0.396 e. The van der Waals surface area contributed by atoms with E-state index in [1.54, 1.807) is 0 Å². The fourth-order valence-corrected chi connectivity index (χ4v) is 2.07. The Hall–Kier alpha value is -0.0800. The highest BCUT2D eigenvalue weighted by molar-refractivity contribution is 4.97. The van der Waals surface area contributed by atoms with Crippen molar-refractivity contribution in [2.24, 2.45) is 10.8 Å². The molecule has 1 aliphatic carbocycles.